The molecule has 116 valence electrons. The van der Waals surface area contributed by atoms with Crippen molar-refractivity contribution in [1.29, 1.82) is 0 Å². The summed E-state index contributed by atoms with van der Waals surface area (Å²) in [6, 6.07) is 9.52. The highest BCUT2D eigenvalue weighted by Gasteiger charge is 2.25. The Kier molecular flexibility index (Phi) is 5.43. The number of benzene rings is 1. The summed E-state index contributed by atoms with van der Waals surface area (Å²) in [5, 5.41) is 4.46. The van der Waals surface area contributed by atoms with Crippen LogP contribution in [0.1, 0.15) is 51.4 Å². The van der Waals surface area contributed by atoms with E-state index in [-0.39, 0.29) is 0 Å². The third kappa shape index (κ3) is 4.14. The van der Waals surface area contributed by atoms with Crippen LogP contribution in [-0.2, 0) is 0 Å². The van der Waals surface area contributed by atoms with E-state index >= 15 is 0 Å². The first kappa shape index (κ1) is 15.2. The van der Waals surface area contributed by atoms with Crippen molar-refractivity contribution in [3.63, 3.8) is 0 Å². The van der Waals surface area contributed by atoms with E-state index in [1.165, 1.54) is 64.5 Å². The molecule has 0 atom stereocenters. The second kappa shape index (κ2) is 7.51. The topological polar surface area (TPSA) is 15.3 Å². The Morgan fingerprint density at radius 2 is 1.57 bits per heavy atom. The predicted octanol–water partition coefficient (Wildman–Crippen LogP) is 4.94. The van der Waals surface area contributed by atoms with Crippen molar-refractivity contribution in [1.82, 2.24) is 4.90 Å². The molecule has 1 aliphatic carbocycles. The van der Waals surface area contributed by atoms with Crippen molar-refractivity contribution in [3.05, 3.63) is 29.3 Å². The first-order chi connectivity index (χ1) is 10.3. The molecule has 2 nitrogen and oxygen atoms in total. The normalized spacial score (nSPS) is 22.9. The molecule has 0 aromatic heterocycles. The van der Waals surface area contributed by atoms with Gasteiger partial charge in [0.05, 0.1) is 10.7 Å². The van der Waals surface area contributed by atoms with Crippen molar-refractivity contribution in [3.8, 4) is 0 Å². The zero-order valence-electron chi connectivity index (χ0n) is 12.9. The minimum absolute atomic E-state index is 0.576. The smallest absolute Gasteiger partial charge is 0.0637 e. The number of anilines is 1. The van der Waals surface area contributed by atoms with Gasteiger partial charge in [-0.05, 0) is 37.8 Å². The van der Waals surface area contributed by atoms with E-state index in [0.717, 1.165) is 16.8 Å². The van der Waals surface area contributed by atoms with Gasteiger partial charge in [-0.3, -0.25) is 0 Å². The number of hydrogen-bond acceptors (Lipinski definition) is 2. The largest absolute Gasteiger partial charge is 0.381 e. The number of nitrogens with zero attached hydrogens (tertiary/aromatic N) is 1. The fraction of sp³-hybridized carbons (Fsp3) is 0.667. The fourth-order valence-electron chi connectivity index (χ4n) is 3.83. The van der Waals surface area contributed by atoms with Gasteiger partial charge in [-0.2, -0.15) is 0 Å². The highest BCUT2D eigenvalue weighted by molar-refractivity contribution is 6.33. The molecule has 1 saturated heterocycles. The van der Waals surface area contributed by atoms with E-state index in [9.17, 15) is 0 Å². The van der Waals surface area contributed by atoms with E-state index < -0.39 is 0 Å². The first-order valence-electron chi connectivity index (χ1n) is 8.58. The molecule has 1 aromatic carbocycles. The van der Waals surface area contributed by atoms with Crippen LogP contribution >= 0.6 is 11.6 Å². The summed E-state index contributed by atoms with van der Waals surface area (Å²) < 4.78 is 0. The molecule has 2 fully saturated rings. The molecule has 1 heterocycles. The Balaban J connectivity index is 1.49. The van der Waals surface area contributed by atoms with Crippen LogP contribution in [0.3, 0.4) is 0 Å². The average Bonchev–Trinajstić information content (AvgIpc) is 2.80. The summed E-state index contributed by atoms with van der Waals surface area (Å²) in [4.78, 5) is 2.75. The lowest BCUT2D eigenvalue weighted by Gasteiger charge is -2.38. The summed E-state index contributed by atoms with van der Waals surface area (Å²) in [5.41, 5.74) is 1.09. The molecule has 1 aromatic rings. The average molecular weight is 307 g/mol. The SMILES string of the molecule is Clc1ccccc1NC1CCN(C2CCCCCC2)CC1. The molecule has 21 heavy (non-hydrogen) atoms. The summed E-state index contributed by atoms with van der Waals surface area (Å²) in [6.45, 7) is 2.49. The molecule has 0 unspecified atom stereocenters. The lowest BCUT2D eigenvalue weighted by molar-refractivity contribution is 0.143. The Bertz CT molecular complexity index is 433. The van der Waals surface area contributed by atoms with Crippen molar-refractivity contribution < 1.29 is 0 Å². The molecule has 0 bridgehead atoms. The first-order valence-corrected chi connectivity index (χ1v) is 8.96. The molecule has 1 aliphatic heterocycles. The van der Waals surface area contributed by atoms with Crippen LogP contribution in [0.25, 0.3) is 0 Å². The molecule has 0 spiro atoms. The molecule has 3 heteroatoms. The van der Waals surface area contributed by atoms with E-state index in [1.54, 1.807) is 0 Å². The van der Waals surface area contributed by atoms with Crippen LogP contribution in [-0.4, -0.2) is 30.1 Å². The van der Waals surface area contributed by atoms with Crippen molar-refractivity contribution in [2.75, 3.05) is 18.4 Å². The van der Waals surface area contributed by atoms with Crippen LogP contribution in [0, 0.1) is 0 Å². The Hall–Kier alpha value is -0.730. The summed E-state index contributed by atoms with van der Waals surface area (Å²) >= 11 is 6.24. The number of likely N-dealkylation sites (tertiary alicyclic amines) is 1. The van der Waals surface area contributed by atoms with Gasteiger partial charge in [-0.1, -0.05) is 49.4 Å². The van der Waals surface area contributed by atoms with E-state index in [0.29, 0.717) is 6.04 Å². The molecular weight excluding hydrogens is 280 g/mol. The number of nitrogens with one attached hydrogen (secondary N) is 1. The second-order valence-electron chi connectivity index (χ2n) is 6.58. The van der Waals surface area contributed by atoms with Gasteiger partial charge in [-0.15, -0.1) is 0 Å². The Morgan fingerprint density at radius 1 is 0.905 bits per heavy atom. The highest BCUT2D eigenvalue weighted by Crippen LogP contribution is 2.27. The zero-order chi connectivity index (χ0) is 14.5. The van der Waals surface area contributed by atoms with Crippen LogP contribution in [0.15, 0.2) is 24.3 Å². The van der Waals surface area contributed by atoms with E-state index in [2.05, 4.69) is 22.3 Å². The van der Waals surface area contributed by atoms with Crippen LogP contribution in [0.5, 0.6) is 0 Å². The maximum Gasteiger partial charge on any atom is 0.0637 e. The van der Waals surface area contributed by atoms with Crippen molar-refractivity contribution >= 4 is 17.3 Å². The molecule has 1 saturated carbocycles. The predicted molar refractivity (Wildman–Crippen MR) is 91.2 cm³/mol. The lowest BCUT2D eigenvalue weighted by atomic mass is 9.99. The van der Waals surface area contributed by atoms with Gasteiger partial charge < -0.3 is 10.2 Å². The summed E-state index contributed by atoms with van der Waals surface area (Å²) in [7, 11) is 0. The van der Waals surface area contributed by atoms with Gasteiger partial charge in [-0.25, -0.2) is 0 Å². The fourth-order valence-corrected chi connectivity index (χ4v) is 4.02. The van der Waals surface area contributed by atoms with Gasteiger partial charge in [0.2, 0.25) is 0 Å². The Morgan fingerprint density at radius 3 is 2.24 bits per heavy atom. The molecule has 1 N–H and O–H groups in total. The minimum atomic E-state index is 0.576. The van der Waals surface area contributed by atoms with Crippen LogP contribution < -0.4 is 5.32 Å². The standard InChI is InChI=1S/C18H27ClN2/c19-17-9-5-6-10-18(17)20-15-11-13-21(14-12-15)16-7-3-1-2-4-8-16/h5-6,9-10,15-16,20H,1-4,7-8,11-14H2. The lowest BCUT2D eigenvalue weighted by Crippen LogP contribution is -2.44. The Labute approximate surface area is 133 Å². The number of rotatable bonds is 3. The number of piperidine rings is 1. The highest BCUT2D eigenvalue weighted by atomic mass is 35.5. The number of hydrogen-bond donors (Lipinski definition) is 1. The van der Waals surface area contributed by atoms with Gasteiger partial charge in [0, 0.05) is 25.2 Å². The van der Waals surface area contributed by atoms with Gasteiger partial charge in [0.1, 0.15) is 0 Å². The summed E-state index contributed by atoms with van der Waals surface area (Å²) in [6.07, 6.45) is 11.1. The molecule has 3 rings (SSSR count). The number of para-hydroxylation sites is 1. The van der Waals surface area contributed by atoms with Crippen molar-refractivity contribution in [2.24, 2.45) is 0 Å². The quantitative estimate of drug-likeness (QED) is 0.796. The third-order valence-electron chi connectivity index (χ3n) is 5.10. The summed E-state index contributed by atoms with van der Waals surface area (Å²) in [5.74, 6) is 0. The van der Waals surface area contributed by atoms with Crippen molar-refractivity contribution in [2.45, 2.75) is 63.5 Å². The van der Waals surface area contributed by atoms with Crippen LogP contribution in [0.2, 0.25) is 5.02 Å². The monoisotopic (exact) mass is 306 g/mol. The minimum Gasteiger partial charge on any atom is -0.381 e. The second-order valence-corrected chi connectivity index (χ2v) is 6.99. The zero-order valence-corrected chi connectivity index (χ0v) is 13.6. The third-order valence-corrected chi connectivity index (χ3v) is 5.43. The van der Waals surface area contributed by atoms with E-state index in [1.807, 2.05) is 12.1 Å². The number of halogens is 1. The molecule has 2 aliphatic rings. The molecule has 0 amide bonds. The molecular formula is C18H27ClN2. The van der Waals surface area contributed by atoms with Gasteiger partial charge >= 0.3 is 0 Å². The maximum absolute atomic E-state index is 6.24. The van der Waals surface area contributed by atoms with E-state index in [4.69, 9.17) is 11.6 Å². The maximum atomic E-state index is 6.24. The van der Waals surface area contributed by atoms with Gasteiger partial charge in [0.25, 0.3) is 0 Å². The van der Waals surface area contributed by atoms with Gasteiger partial charge in [0.15, 0.2) is 0 Å². The molecule has 0 radical (unpaired) electrons. The van der Waals surface area contributed by atoms with Crippen LogP contribution in [0.4, 0.5) is 5.69 Å².